The van der Waals surface area contributed by atoms with Gasteiger partial charge in [0.25, 0.3) is 0 Å². The highest BCUT2D eigenvalue weighted by atomic mass is 14.3. The fourth-order valence-corrected chi connectivity index (χ4v) is 3.07. The third-order valence-electron chi connectivity index (χ3n) is 4.10. The fraction of sp³-hybridized carbons (Fsp3) is 0.353. The normalized spacial score (nSPS) is 23.7. The van der Waals surface area contributed by atoms with Gasteiger partial charge in [-0.3, -0.25) is 0 Å². The number of nitriles is 1. The molecule has 2 unspecified atom stereocenters. The molecule has 1 aliphatic rings. The molecule has 0 heterocycles. The van der Waals surface area contributed by atoms with E-state index in [4.69, 9.17) is 5.26 Å². The Hall–Kier alpha value is -1.81. The molecule has 3 rings (SSSR count). The highest BCUT2D eigenvalue weighted by Gasteiger charge is 2.22. The summed E-state index contributed by atoms with van der Waals surface area (Å²) in [4.78, 5) is 0. The molecule has 2 aromatic rings. The molecule has 0 N–H and O–H groups in total. The highest BCUT2D eigenvalue weighted by molar-refractivity contribution is 5.83. The van der Waals surface area contributed by atoms with E-state index in [1.807, 2.05) is 0 Å². The van der Waals surface area contributed by atoms with Crippen LogP contribution < -0.4 is 0 Å². The maximum Gasteiger partial charge on any atom is 0.0656 e. The summed E-state index contributed by atoms with van der Waals surface area (Å²) < 4.78 is 0. The predicted octanol–water partition coefficient (Wildman–Crippen LogP) is 4.64. The van der Waals surface area contributed by atoms with Gasteiger partial charge in [-0.15, -0.1) is 0 Å². The summed E-state index contributed by atoms with van der Waals surface area (Å²) in [5.74, 6) is 0.836. The molecule has 0 saturated heterocycles. The minimum Gasteiger partial charge on any atom is -0.198 e. The van der Waals surface area contributed by atoms with Gasteiger partial charge in [0, 0.05) is 5.92 Å². The van der Waals surface area contributed by atoms with Gasteiger partial charge in [0.1, 0.15) is 0 Å². The van der Waals surface area contributed by atoms with Crippen molar-refractivity contribution in [3.8, 4) is 6.07 Å². The maximum atomic E-state index is 9.08. The van der Waals surface area contributed by atoms with Crippen molar-refractivity contribution in [3.63, 3.8) is 0 Å². The lowest BCUT2D eigenvalue weighted by Crippen LogP contribution is -2.12. The quantitative estimate of drug-likeness (QED) is 0.706. The SMILES string of the molecule is N#CC1CCCC(c2ccc3ccccc3c2)C1. The Bertz CT molecular complexity index is 594. The minimum atomic E-state index is 0.259. The Morgan fingerprint density at radius 1 is 1.00 bits per heavy atom. The molecule has 0 aromatic heterocycles. The first-order valence-electron chi connectivity index (χ1n) is 6.75. The molecule has 2 atom stereocenters. The molecule has 1 heteroatoms. The summed E-state index contributed by atoms with van der Waals surface area (Å²) in [5.41, 5.74) is 1.41. The molecule has 2 aromatic carbocycles. The van der Waals surface area contributed by atoms with Gasteiger partial charge in [0.05, 0.1) is 6.07 Å². The number of nitrogens with zero attached hydrogens (tertiary/aromatic N) is 1. The van der Waals surface area contributed by atoms with Crippen molar-refractivity contribution < 1.29 is 0 Å². The molecule has 18 heavy (non-hydrogen) atoms. The second kappa shape index (κ2) is 4.82. The Kier molecular flexibility index (Phi) is 3.02. The summed E-state index contributed by atoms with van der Waals surface area (Å²) >= 11 is 0. The molecule has 90 valence electrons. The highest BCUT2D eigenvalue weighted by Crippen LogP contribution is 2.36. The summed E-state index contributed by atoms with van der Waals surface area (Å²) in [7, 11) is 0. The van der Waals surface area contributed by atoms with Crippen LogP contribution in [0.1, 0.15) is 37.2 Å². The molecular weight excluding hydrogens is 218 g/mol. The van der Waals surface area contributed by atoms with Crippen LogP contribution in [0.2, 0.25) is 0 Å². The van der Waals surface area contributed by atoms with Crippen molar-refractivity contribution in [2.24, 2.45) is 5.92 Å². The molecule has 1 saturated carbocycles. The molecule has 0 radical (unpaired) electrons. The van der Waals surface area contributed by atoms with Crippen molar-refractivity contribution in [3.05, 3.63) is 48.0 Å². The van der Waals surface area contributed by atoms with Crippen molar-refractivity contribution in [1.82, 2.24) is 0 Å². The van der Waals surface area contributed by atoms with E-state index in [9.17, 15) is 0 Å². The smallest absolute Gasteiger partial charge is 0.0656 e. The lowest BCUT2D eigenvalue weighted by atomic mass is 9.78. The van der Waals surface area contributed by atoms with Gasteiger partial charge in [0.15, 0.2) is 0 Å². The van der Waals surface area contributed by atoms with Gasteiger partial charge in [-0.1, -0.05) is 48.9 Å². The third kappa shape index (κ3) is 2.11. The molecule has 1 nitrogen and oxygen atoms in total. The van der Waals surface area contributed by atoms with Crippen LogP contribution in [0.3, 0.4) is 0 Å². The van der Waals surface area contributed by atoms with Gasteiger partial charge < -0.3 is 0 Å². The average molecular weight is 235 g/mol. The molecule has 1 aliphatic carbocycles. The molecule has 0 amide bonds. The van der Waals surface area contributed by atoms with Crippen molar-refractivity contribution in [2.45, 2.75) is 31.6 Å². The lowest BCUT2D eigenvalue weighted by molar-refractivity contribution is 0.379. The van der Waals surface area contributed by atoms with E-state index in [0.29, 0.717) is 5.92 Å². The zero-order chi connectivity index (χ0) is 12.4. The Labute approximate surface area is 108 Å². The molecule has 0 bridgehead atoms. The first-order chi connectivity index (χ1) is 8.86. The predicted molar refractivity (Wildman–Crippen MR) is 74.3 cm³/mol. The van der Waals surface area contributed by atoms with Crippen LogP contribution >= 0.6 is 0 Å². The van der Waals surface area contributed by atoms with Gasteiger partial charge in [0.2, 0.25) is 0 Å². The standard InChI is InChI=1S/C17H17N/c18-12-13-4-3-7-15(10-13)17-9-8-14-5-1-2-6-16(14)11-17/h1-2,5-6,8-9,11,13,15H,3-4,7,10H2. The van der Waals surface area contributed by atoms with Crippen molar-refractivity contribution in [2.75, 3.05) is 0 Å². The largest absolute Gasteiger partial charge is 0.198 e. The second-order valence-electron chi connectivity index (χ2n) is 5.30. The zero-order valence-electron chi connectivity index (χ0n) is 10.5. The maximum absolute atomic E-state index is 9.08. The molecule has 0 spiro atoms. The molecule has 0 aliphatic heterocycles. The van der Waals surface area contributed by atoms with Crippen LogP contribution in [0.5, 0.6) is 0 Å². The van der Waals surface area contributed by atoms with Gasteiger partial charge in [-0.2, -0.15) is 5.26 Å². The number of rotatable bonds is 1. The van der Waals surface area contributed by atoms with E-state index < -0.39 is 0 Å². The Balaban J connectivity index is 1.92. The minimum absolute atomic E-state index is 0.259. The number of fused-ring (bicyclic) bond motifs is 1. The van der Waals surface area contributed by atoms with Crippen molar-refractivity contribution >= 4 is 10.8 Å². The van der Waals surface area contributed by atoms with Gasteiger partial charge >= 0.3 is 0 Å². The van der Waals surface area contributed by atoms with E-state index in [1.54, 1.807) is 0 Å². The van der Waals surface area contributed by atoms with E-state index in [0.717, 1.165) is 12.8 Å². The zero-order valence-corrected chi connectivity index (χ0v) is 10.5. The van der Waals surface area contributed by atoms with E-state index in [1.165, 1.54) is 29.2 Å². The van der Waals surface area contributed by atoms with Crippen LogP contribution in [0.4, 0.5) is 0 Å². The second-order valence-corrected chi connectivity index (χ2v) is 5.30. The van der Waals surface area contributed by atoms with Crippen LogP contribution in [-0.2, 0) is 0 Å². The summed E-state index contributed by atoms with van der Waals surface area (Å²) in [5, 5.41) is 11.7. The van der Waals surface area contributed by atoms with Crippen LogP contribution in [0.15, 0.2) is 42.5 Å². The number of hydrogen-bond acceptors (Lipinski definition) is 1. The third-order valence-corrected chi connectivity index (χ3v) is 4.10. The lowest BCUT2D eigenvalue weighted by Gasteiger charge is -2.25. The van der Waals surface area contributed by atoms with Crippen LogP contribution in [0, 0.1) is 17.2 Å². The first-order valence-corrected chi connectivity index (χ1v) is 6.75. The summed E-state index contributed by atoms with van der Waals surface area (Å²) in [6.07, 6.45) is 4.54. The topological polar surface area (TPSA) is 23.8 Å². The number of hydrogen-bond donors (Lipinski definition) is 0. The molecular formula is C17H17N. The Morgan fingerprint density at radius 3 is 2.67 bits per heavy atom. The first kappa shape index (κ1) is 11.3. The molecule has 1 fully saturated rings. The van der Waals surface area contributed by atoms with Crippen molar-refractivity contribution in [1.29, 1.82) is 5.26 Å². The summed E-state index contributed by atoms with van der Waals surface area (Å²) in [6, 6.07) is 17.7. The fourth-order valence-electron chi connectivity index (χ4n) is 3.07. The number of benzene rings is 2. The van der Waals surface area contributed by atoms with Gasteiger partial charge in [-0.25, -0.2) is 0 Å². The van der Waals surface area contributed by atoms with E-state index >= 15 is 0 Å². The van der Waals surface area contributed by atoms with E-state index in [-0.39, 0.29) is 5.92 Å². The van der Waals surface area contributed by atoms with Gasteiger partial charge in [-0.05, 0) is 41.5 Å². The summed E-state index contributed by atoms with van der Waals surface area (Å²) in [6.45, 7) is 0. The Morgan fingerprint density at radius 2 is 1.83 bits per heavy atom. The van der Waals surface area contributed by atoms with E-state index in [2.05, 4.69) is 48.5 Å². The van der Waals surface area contributed by atoms with Crippen LogP contribution in [0.25, 0.3) is 10.8 Å². The monoisotopic (exact) mass is 235 g/mol. The average Bonchev–Trinajstić information content (AvgIpc) is 2.47. The van der Waals surface area contributed by atoms with Crippen LogP contribution in [-0.4, -0.2) is 0 Å².